The van der Waals surface area contributed by atoms with Crippen LogP contribution >= 0.6 is 0 Å². The van der Waals surface area contributed by atoms with E-state index in [-0.39, 0.29) is 11.8 Å². The molecular weight excluding hydrogens is 330 g/mol. The van der Waals surface area contributed by atoms with Crippen LogP contribution in [0.2, 0.25) is 0 Å². The van der Waals surface area contributed by atoms with Crippen molar-refractivity contribution in [3.63, 3.8) is 0 Å². The van der Waals surface area contributed by atoms with Gasteiger partial charge in [0.05, 0.1) is 11.9 Å². The number of aromatic nitrogens is 3. The number of para-hydroxylation sites is 1. The molecule has 0 radical (unpaired) electrons. The fourth-order valence-corrected chi connectivity index (χ4v) is 2.30. The molecule has 1 aromatic heterocycles. The van der Waals surface area contributed by atoms with E-state index in [4.69, 9.17) is 0 Å². The number of nitrogens with zero attached hydrogens (tertiary/aromatic N) is 4. The number of hydrogen-bond acceptors (Lipinski definition) is 4. The highest BCUT2D eigenvalue weighted by atomic mass is 16.2. The first-order valence-corrected chi connectivity index (χ1v) is 7.88. The second-order valence-corrected chi connectivity index (χ2v) is 5.46. The molecule has 0 unspecified atom stereocenters. The maximum atomic E-state index is 12.3. The van der Waals surface area contributed by atoms with Gasteiger partial charge in [-0.2, -0.15) is 5.10 Å². The molecule has 3 aromatic rings. The topological polar surface area (TPSA) is 80.1 Å². The first kappa shape index (κ1) is 17.1. The zero-order valence-electron chi connectivity index (χ0n) is 14.2. The van der Waals surface area contributed by atoms with Gasteiger partial charge in [-0.1, -0.05) is 24.8 Å². The lowest BCUT2D eigenvalue weighted by molar-refractivity contribution is -0.113. The fraction of sp³-hybridized carbons (Fsp3) is 0.0526. The fourth-order valence-electron chi connectivity index (χ4n) is 2.30. The van der Waals surface area contributed by atoms with E-state index in [0.29, 0.717) is 17.1 Å². The van der Waals surface area contributed by atoms with Gasteiger partial charge in [0, 0.05) is 18.3 Å². The van der Waals surface area contributed by atoms with E-state index >= 15 is 0 Å². The molecule has 2 amide bonds. The quantitative estimate of drug-likeness (QED) is 0.720. The van der Waals surface area contributed by atoms with Crippen LogP contribution in [0.25, 0.3) is 5.69 Å². The summed E-state index contributed by atoms with van der Waals surface area (Å²) in [6.45, 7) is 3.45. The van der Waals surface area contributed by atoms with Gasteiger partial charge in [0.1, 0.15) is 0 Å². The molecule has 0 aliphatic rings. The number of benzene rings is 2. The number of likely N-dealkylation sites (N-methyl/N-ethyl adjacent to an activating group) is 1. The normalized spacial score (nSPS) is 10.2. The van der Waals surface area contributed by atoms with Gasteiger partial charge in [-0.05, 0) is 42.5 Å². The van der Waals surface area contributed by atoms with Crippen LogP contribution in [0.1, 0.15) is 10.4 Å². The summed E-state index contributed by atoms with van der Waals surface area (Å²) in [4.78, 5) is 26.8. The van der Waals surface area contributed by atoms with Crippen molar-refractivity contribution in [2.24, 2.45) is 0 Å². The van der Waals surface area contributed by atoms with Crippen molar-refractivity contribution in [3.05, 3.63) is 79.0 Å². The van der Waals surface area contributed by atoms with E-state index < -0.39 is 0 Å². The molecule has 0 saturated heterocycles. The molecule has 0 aliphatic carbocycles. The van der Waals surface area contributed by atoms with Crippen LogP contribution < -0.4 is 10.2 Å². The Bertz CT molecular complexity index is 932. The van der Waals surface area contributed by atoms with Gasteiger partial charge >= 0.3 is 0 Å². The molecule has 0 bridgehead atoms. The SMILES string of the molecule is C=CC(=O)N(C)c1ccc(C(=O)Nc2cnn(-c3ccccc3)n2)cc1. The van der Waals surface area contributed by atoms with Crippen molar-refractivity contribution >= 4 is 23.3 Å². The molecule has 7 nitrogen and oxygen atoms in total. The Kier molecular flexibility index (Phi) is 4.89. The van der Waals surface area contributed by atoms with Crippen LogP contribution in [0.3, 0.4) is 0 Å². The minimum atomic E-state index is -0.311. The number of nitrogens with one attached hydrogen (secondary N) is 1. The van der Waals surface area contributed by atoms with Crippen LogP contribution in [-0.2, 0) is 4.79 Å². The Hall–Kier alpha value is -3.74. The summed E-state index contributed by atoms with van der Waals surface area (Å²) in [5, 5.41) is 11.1. The first-order valence-electron chi connectivity index (χ1n) is 7.88. The van der Waals surface area contributed by atoms with Gasteiger partial charge in [-0.15, -0.1) is 9.90 Å². The second-order valence-electron chi connectivity index (χ2n) is 5.46. The number of carbonyl (C=O) groups excluding carboxylic acids is 2. The van der Waals surface area contributed by atoms with Crippen molar-refractivity contribution in [2.75, 3.05) is 17.3 Å². The van der Waals surface area contributed by atoms with Crippen molar-refractivity contribution in [2.45, 2.75) is 0 Å². The monoisotopic (exact) mass is 347 g/mol. The minimum absolute atomic E-state index is 0.222. The van der Waals surface area contributed by atoms with Crippen LogP contribution in [0.15, 0.2) is 73.4 Å². The highest BCUT2D eigenvalue weighted by Crippen LogP contribution is 2.15. The predicted octanol–water partition coefficient (Wildman–Crippen LogP) is 2.67. The predicted molar refractivity (Wildman–Crippen MR) is 99.4 cm³/mol. The third kappa shape index (κ3) is 3.67. The van der Waals surface area contributed by atoms with Crippen molar-refractivity contribution in [1.29, 1.82) is 0 Å². The van der Waals surface area contributed by atoms with Gasteiger partial charge in [0.25, 0.3) is 5.91 Å². The maximum Gasteiger partial charge on any atom is 0.256 e. The Labute approximate surface area is 150 Å². The molecule has 0 atom stereocenters. The number of anilines is 2. The summed E-state index contributed by atoms with van der Waals surface area (Å²) in [6, 6.07) is 16.1. The average Bonchev–Trinajstić information content (AvgIpc) is 3.16. The summed E-state index contributed by atoms with van der Waals surface area (Å²) < 4.78 is 0. The van der Waals surface area contributed by atoms with E-state index in [1.807, 2.05) is 30.3 Å². The van der Waals surface area contributed by atoms with E-state index in [1.165, 1.54) is 22.0 Å². The molecule has 3 rings (SSSR count). The molecule has 130 valence electrons. The highest BCUT2D eigenvalue weighted by molar-refractivity contribution is 6.04. The highest BCUT2D eigenvalue weighted by Gasteiger charge is 2.11. The number of hydrogen-bond donors (Lipinski definition) is 1. The van der Waals surface area contributed by atoms with Gasteiger partial charge in [-0.25, -0.2) is 0 Å². The zero-order valence-corrected chi connectivity index (χ0v) is 14.2. The van der Waals surface area contributed by atoms with Gasteiger partial charge in [0.2, 0.25) is 5.91 Å². The Morgan fingerprint density at radius 2 is 1.81 bits per heavy atom. The molecule has 1 heterocycles. The Morgan fingerprint density at radius 1 is 1.12 bits per heavy atom. The number of carbonyl (C=O) groups is 2. The largest absolute Gasteiger partial charge is 0.312 e. The molecule has 0 aliphatic heterocycles. The van der Waals surface area contributed by atoms with Crippen LogP contribution in [0.5, 0.6) is 0 Å². The lowest BCUT2D eigenvalue weighted by atomic mass is 10.2. The summed E-state index contributed by atoms with van der Waals surface area (Å²) in [6.07, 6.45) is 2.71. The van der Waals surface area contributed by atoms with Crippen LogP contribution in [0, 0.1) is 0 Å². The molecule has 0 spiro atoms. The van der Waals surface area contributed by atoms with Gasteiger partial charge in [0.15, 0.2) is 5.82 Å². The van der Waals surface area contributed by atoms with E-state index in [1.54, 1.807) is 31.3 Å². The Balaban J connectivity index is 1.70. The summed E-state index contributed by atoms with van der Waals surface area (Å²) in [5.74, 6) is -0.184. The maximum absolute atomic E-state index is 12.3. The molecule has 7 heteroatoms. The van der Waals surface area contributed by atoms with Crippen LogP contribution in [-0.4, -0.2) is 33.9 Å². The lowest BCUT2D eigenvalue weighted by Crippen LogP contribution is -2.23. The van der Waals surface area contributed by atoms with Crippen molar-refractivity contribution < 1.29 is 9.59 Å². The number of rotatable bonds is 5. The first-order chi connectivity index (χ1) is 12.6. The molecule has 1 N–H and O–H groups in total. The molecular formula is C19H17N5O2. The third-order valence-electron chi connectivity index (χ3n) is 3.74. The third-order valence-corrected chi connectivity index (χ3v) is 3.74. The second kappa shape index (κ2) is 7.43. The minimum Gasteiger partial charge on any atom is -0.312 e. The molecule has 2 aromatic carbocycles. The smallest absolute Gasteiger partial charge is 0.256 e. The van der Waals surface area contributed by atoms with Crippen molar-refractivity contribution in [1.82, 2.24) is 15.0 Å². The Morgan fingerprint density at radius 3 is 2.46 bits per heavy atom. The lowest BCUT2D eigenvalue weighted by Gasteiger charge is -2.15. The molecule has 0 fully saturated rings. The van der Waals surface area contributed by atoms with E-state index in [2.05, 4.69) is 22.1 Å². The van der Waals surface area contributed by atoms with E-state index in [0.717, 1.165) is 5.69 Å². The standard InChI is InChI=1S/C19H17N5O2/c1-3-18(25)23(2)15-11-9-14(10-12-15)19(26)21-17-13-20-24(22-17)16-7-5-4-6-8-16/h3-13H,1H2,2H3,(H,21,22,26). The van der Waals surface area contributed by atoms with Crippen molar-refractivity contribution in [3.8, 4) is 5.69 Å². The van der Waals surface area contributed by atoms with Gasteiger partial charge < -0.3 is 10.2 Å². The summed E-state index contributed by atoms with van der Waals surface area (Å²) in [7, 11) is 1.64. The molecule has 26 heavy (non-hydrogen) atoms. The number of amides is 2. The average molecular weight is 347 g/mol. The summed E-state index contributed by atoms with van der Waals surface area (Å²) >= 11 is 0. The van der Waals surface area contributed by atoms with E-state index in [9.17, 15) is 9.59 Å². The zero-order chi connectivity index (χ0) is 18.5. The molecule has 0 saturated carbocycles. The van der Waals surface area contributed by atoms with Crippen LogP contribution in [0.4, 0.5) is 11.5 Å². The van der Waals surface area contributed by atoms with Gasteiger partial charge in [-0.3, -0.25) is 9.59 Å². The summed E-state index contributed by atoms with van der Waals surface area (Å²) in [5.41, 5.74) is 1.91.